The van der Waals surface area contributed by atoms with Gasteiger partial charge >= 0.3 is 0 Å². The highest BCUT2D eigenvalue weighted by Crippen LogP contribution is 2.39. The number of ketones is 1. The molecule has 1 fully saturated rings. The minimum atomic E-state index is -0.00371. The molecular weight excluding hydrogens is 348 g/mol. The van der Waals surface area contributed by atoms with E-state index in [-0.39, 0.29) is 17.2 Å². The second-order valence-electron chi connectivity index (χ2n) is 7.76. The first-order chi connectivity index (χ1) is 12.5. The number of Topliss-reactive ketones (excluding diaryl/α,β-unsaturated/α-hetero) is 1. The summed E-state index contributed by atoms with van der Waals surface area (Å²) < 4.78 is 11.6. The van der Waals surface area contributed by atoms with Crippen molar-refractivity contribution >= 4 is 22.3 Å². The summed E-state index contributed by atoms with van der Waals surface area (Å²) in [6.45, 7) is 6.86. The second-order valence-corrected chi connectivity index (χ2v) is 8.74. The van der Waals surface area contributed by atoms with Crippen LogP contribution in [0.4, 0.5) is 5.13 Å². The van der Waals surface area contributed by atoms with Crippen molar-refractivity contribution in [3.8, 4) is 5.75 Å². The van der Waals surface area contributed by atoms with Crippen molar-refractivity contribution in [3.05, 3.63) is 40.9 Å². The van der Waals surface area contributed by atoms with Crippen molar-refractivity contribution in [2.45, 2.75) is 32.7 Å². The average Bonchev–Trinajstić information content (AvgIpc) is 3.04. The fourth-order valence-electron chi connectivity index (χ4n) is 3.58. The molecule has 1 saturated heterocycles. The summed E-state index contributed by atoms with van der Waals surface area (Å²) in [5.74, 6) is 1.08. The highest BCUT2D eigenvalue weighted by molar-refractivity contribution is 7.17. The number of aromatic nitrogens is 1. The van der Waals surface area contributed by atoms with E-state index < -0.39 is 0 Å². The van der Waals surface area contributed by atoms with Gasteiger partial charge in [0.05, 0.1) is 29.8 Å². The van der Waals surface area contributed by atoms with E-state index in [4.69, 9.17) is 14.5 Å². The summed E-state index contributed by atoms with van der Waals surface area (Å²) in [5.41, 5.74) is 0.955. The summed E-state index contributed by atoms with van der Waals surface area (Å²) in [6, 6.07) is 9.91. The van der Waals surface area contributed by atoms with E-state index in [1.807, 2.05) is 30.3 Å². The van der Waals surface area contributed by atoms with Crippen LogP contribution >= 0.6 is 11.3 Å². The van der Waals surface area contributed by atoms with Crippen molar-refractivity contribution in [1.82, 2.24) is 4.98 Å². The zero-order valence-corrected chi connectivity index (χ0v) is 16.1. The topological polar surface area (TPSA) is 51.7 Å². The van der Waals surface area contributed by atoms with Crippen LogP contribution in [0.1, 0.15) is 35.6 Å². The number of fused-ring (bicyclic) bond motifs is 1. The van der Waals surface area contributed by atoms with E-state index in [0.717, 1.165) is 34.4 Å². The predicted octanol–water partition coefficient (Wildman–Crippen LogP) is 3.58. The summed E-state index contributed by atoms with van der Waals surface area (Å²) in [4.78, 5) is 20.4. The lowest BCUT2D eigenvalue weighted by Crippen LogP contribution is -2.48. The Morgan fingerprint density at radius 3 is 2.92 bits per heavy atom. The average molecular weight is 372 g/mol. The number of carbonyl (C=O) groups excluding carboxylic acids is 1. The smallest absolute Gasteiger partial charge is 0.186 e. The number of thiazole rings is 1. The Bertz CT molecular complexity index is 788. The van der Waals surface area contributed by atoms with Crippen molar-refractivity contribution in [2.24, 2.45) is 5.41 Å². The molecule has 0 radical (unpaired) electrons. The normalized spacial score (nSPS) is 22.2. The van der Waals surface area contributed by atoms with Gasteiger partial charge in [-0.1, -0.05) is 43.4 Å². The van der Waals surface area contributed by atoms with Gasteiger partial charge in [-0.15, -0.1) is 0 Å². The summed E-state index contributed by atoms with van der Waals surface area (Å²) in [6.07, 6.45) is 1.46. The highest BCUT2D eigenvalue weighted by atomic mass is 32.1. The van der Waals surface area contributed by atoms with Gasteiger partial charge in [0.25, 0.3) is 0 Å². The summed E-state index contributed by atoms with van der Waals surface area (Å²) >= 11 is 1.53. The number of para-hydroxylation sites is 1. The van der Waals surface area contributed by atoms with Gasteiger partial charge in [-0.25, -0.2) is 4.98 Å². The van der Waals surface area contributed by atoms with Gasteiger partial charge in [0.2, 0.25) is 0 Å². The largest absolute Gasteiger partial charge is 0.491 e. The van der Waals surface area contributed by atoms with Crippen molar-refractivity contribution in [2.75, 3.05) is 31.3 Å². The Morgan fingerprint density at radius 1 is 1.31 bits per heavy atom. The van der Waals surface area contributed by atoms with E-state index in [2.05, 4.69) is 18.7 Å². The van der Waals surface area contributed by atoms with Crippen molar-refractivity contribution in [3.63, 3.8) is 0 Å². The molecule has 1 unspecified atom stereocenters. The lowest BCUT2D eigenvalue weighted by molar-refractivity contribution is 0.0768. The zero-order valence-electron chi connectivity index (χ0n) is 15.2. The zero-order chi connectivity index (χ0) is 18.1. The van der Waals surface area contributed by atoms with Crippen LogP contribution in [0.2, 0.25) is 0 Å². The molecule has 1 atom stereocenters. The molecule has 5 nitrogen and oxygen atoms in total. The molecule has 1 aliphatic heterocycles. The third-order valence-electron chi connectivity index (χ3n) is 4.88. The van der Waals surface area contributed by atoms with Crippen molar-refractivity contribution < 1.29 is 14.3 Å². The van der Waals surface area contributed by atoms with Gasteiger partial charge in [-0.3, -0.25) is 4.79 Å². The number of nitrogens with zero attached hydrogens (tertiary/aromatic N) is 2. The molecule has 2 aliphatic rings. The molecule has 1 aliphatic carbocycles. The number of morpholine rings is 1. The number of rotatable bonds is 4. The number of hydrogen-bond donors (Lipinski definition) is 0. The maximum atomic E-state index is 12.5. The van der Waals surface area contributed by atoms with Gasteiger partial charge in [-0.2, -0.15) is 0 Å². The monoisotopic (exact) mass is 372 g/mol. The summed E-state index contributed by atoms with van der Waals surface area (Å²) in [7, 11) is 0. The maximum Gasteiger partial charge on any atom is 0.186 e. The molecule has 0 amide bonds. The highest BCUT2D eigenvalue weighted by Gasteiger charge is 2.36. The first-order valence-corrected chi connectivity index (χ1v) is 9.89. The molecule has 0 spiro atoms. The number of carbonyl (C=O) groups is 1. The molecule has 0 bridgehead atoms. The molecule has 138 valence electrons. The Morgan fingerprint density at radius 2 is 2.12 bits per heavy atom. The van der Waals surface area contributed by atoms with Gasteiger partial charge in [0.15, 0.2) is 10.9 Å². The van der Waals surface area contributed by atoms with Gasteiger partial charge in [0, 0.05) is 13.0 Å². The van der Waals surface area contributed by atoms with E-state index in [0.29, 0.717) is 26.2 Å². The molecule has 2 heterocycles. The molecule has 6 heteroatoms. The Kier molecular flexibility index (Phi) is 4.71. The second kappa shape index (κ2) is 7.00. The first kappa shape index (κ1) is 17.5. The van der Waals surface area contributed by atoms with Crippen LogP contribution in [0.15, 0.2) is 30.3 Å². The third-order valence-corrected chi connectivity index (χ3v) is 6.06. The third kappa shape index (κ3) is 3.62. The quantitative estimate of drug-likeness (QED) is 0.821. The Balaban J connectivity index is 1.53. The molecule has 2 aromatic rings. The number of ether oxygens (including phenoxy) is 2. The molecule has 0 N–H and O–H groups in total. The lowest BCUT2D eigenvalue weighted by atomic mass is 9.78. The van der Waals surface area contributed by atoms with E-state index in [1.54, 1.807) is 0 Å². The molecular formula is C20H24N2O3S. The standard InChI is InChI=1S/C20H24N2O3S/c1-20(2)10-16-18(17(23)11-20)26-19(21-16)22-8-9-24-12-14(22)13-25-15-6-4-3-5-7-15/h3-7,14H,8-13H2,1-2H3. The molecule has 26 heavy (non-hydrogen) atoms. The minimum absolute atomic E-state index is 0.00371. The van der Waals surface area contributed by atoms with Gasteiger partial charge < -0.3 is 14.4 Å². The molecule has 1 aromatic heterocycles. The summed E-state index contributed by atoms with van der Waals surface area (Å²) in [5, 5.41) is 0.922. The molecule has 0 saturated carbocycles. The fourth-order valence-corrected chi connectivity index (χ4v) is 4.70. The van der Waals surface area contributed by atoms with Crippen LogP contribution < -0.4 is 9.64 Å². The van der Waals surface area contributed by atoms with Crippen LogP contribution in [0.3, 0.4) is 0 Å². The predicted molar refractivity (Wildman–Crippen MR) is 102 cm³/mol. The Labute approximate surface area is 157 Å². The van der Waals surface area contributed by atoms with Crippen molar-refractivity contribution in [1.29, 1.82) is 0 Å². The molecule has 1 aromatic carbocycles. The van der Waals surface area contributed by atoms with Crippen LogP contribution in [0.25, 0.3) is 0 Å². The number of anilines is 1. The number of benzene rings is 1. The number of hydrogen-bond acceptors (Lipinski definition) is 6. The van der Waals surface area contributed by atoms with Crippen LogP contribution in [0.5, 0.6) is 5.75 Å². The Hall–Kier alpha value is -1.92. The maximum absolute atomic E-state index is 12.5. The fraction of sp³-hybridized carbons (Fsp3) is 0.500. The van der Waals surface area contributed by atoms with E-state index in [1.165, 1.54) is 11.3 Å². The van der Waals surface area contributed by atoms with Crippen LogP contribution in [-0.2, 0) is 11.2 Å². The lowest BCUT2D eigenvalue weighted by Gasteiger charge is -2.35. The minimum Gasteiger partial charge on any atom is -0.491 e. The first-order valence-electron chi connectivity index (χ1n) is 9.07. The van der Waals surface area contributed by atoms with Gasteiger partial charge in [-0.05, 0) is 24.0 Å². The SMILES string of the molecule is CC1(C)CC(=O)c2sc(N3CCOCC3COc3ccccc3)nc2C1. The van der Waals surface area contributed by atoms with E-state index >= 15 is 0 Å². The van der Waals surface area contributed by atoms with Crippen LogP contribution in [-0.4, -0.2) is 43.2 Å². The van der Waals surface area contributed by atoms with Crippen LogP contribution in [0, 0.1) is 5.41 Å². The molecule has 4 rings (SSSR count). The van der Waals surface area contributed by atoms with Gasteiger partial charge in [0.1, 0.15) is 12.4 Å². The van der Waals surface area contributed by atoms with E-state index in [9.17, 15) is 4.79 Å².